The predicted molar refractivity (Wildman–Crippen MR) is 98.1 cm³/mol. The lowest BCUT2D eigenvalue weighted by Crippen LogP contribution is -1.88. The zero-order valence-electron chi connectivity index (χ0n) is 13.0. The Kier molecular flexibility index (Phi) is 6.65. The van der Waals surface area contributed by atoms with Crippen molar-refractivity contribution < 1.29 is 0 Å². The highest BCUT2D eigenvalue weighted by Gasteiger charge is 2.03. The van der Waals surface area contributed by atoms with Gasteiger partial charge in [-0.25, -0.2) is 9.97 Å². The number of fused-ring (bicyclic) bond motifs is 2. The summed E-state index contributed by atoms with van der Waals surface area (Å²) in [6, 6.07) is 0. The van der Waals surface area contributed by atoms with E-state index in [-0.39, 0.29) is 15.9 Å². The number of aromatic amines is 2. The second-order valence-electron chi connectivity index (χ2n) is 4.12. The first-order chi connectivity index (χ1) is 12.0. The number of hydrogen-bond donors (Lipinski definition) is 4. The van der Waals surface area contributed by atoms with E-state index >= 15 is 0 Å². The number of nitrogens with one attached hydrogen (secondary N) is 3. The van der Waals surface area contributed by atoms with Crippen molar-refractivity contribution in [2.75, 3.05) is 19.4 Å². The van der Waals surface area contributed by atoms with Gasteiger partial charge < -0.3 is 21.0 Å². The lowest BCUT2D eigenvalue weighted by Gasteiger charge is -1.86. The van der Waals surface area contributed by atoms with Gasteiger partial charge in [0, 0.05) is 7.05 Å². The summed E-state index contributed by atoms with van der Waals surface area (Å²) < 4.78 is 0. The van der Waals surface area contributed by atoms with Crippen molar-refractivity contribution in [2.45, 2.75) is 0 Å². The van der Waals surface area contributed by atoms with E-state index in [2.05, 4.69) is 50.9 Å². The van der Waals surface area contributed by atoms with Crippen LogP contribution in [0.2, 0.25) is 15.9 Å². The molecule has 13 heteroatoms. The predicted octanol–water partition coefficient (Wildman–Crippen LogP) is 2.28. The fraction of sp³-hybridized carbons (Fsp3) is 0.167. The summed E-state index contributed by atoms with van der Waals surface area (Å²) in [7, 11) is 3.27. The summed E-state index contributed by atoms with van der Waals surface area (Å²) >= 11 is 16.6. The highest BCUT2D eigenvalue weighted by Crippen LogP contribution is 2.13. The summed E-state index contributed by atoms with van der Waals surface area (Å²) in [6.07, 6.45) is 3.13. The third-order valence-electron chi connectivity index (χ3n) is 2.63. The van der Waals surface area contributed by atoms with Gasteiger partial charge in [-0.2, -0.15) is 19.9 Å². The number of halogens is 3. The molecule has 0 bridgehead atoms. The molecule has 25 heavy (non-hydrogen) atoms. The van der Waals surface area contributed by atoms with E-state index in [0.29, 0.717) is 22.8 Å². The summed E-state index contributed by atoms with van der Waals surface area (Å²) in [5.74, 6) is 0.654. The van der Waals surface area contributed by atoms with Crippen LogP contribution in [0.3, 0.4) is 0 Å². The molecule has 4 aromatic heterocycles. The van der Waals surface area contributed by atoms with Crippen LogP contribution in [0.15, 0.2) is 12.4 Å². The number of anilines is 1. The summed E-state index contributed by atoms with van der Waals surface area (Å²) in [5, 5.41) is 3.52. The standard InChI is InChI=1S/C6H6ClN5.C5H2Cl2N4.CH5N/c1-8-6-10-3-2-9-5(7)11-4(3)12-6;6-4-8-1-2-3(10-4)11-5(7)9-2;1-2/h2H,1H3,(H2,8,9,10,11,12);1H,(H,8,9,10,11);2H2,1H3. The average Bonchev–Trinajstić information content (AvgIpc) is 3.18. The molecule has 0 saturated heterocycles. The maximum absolute atomic E-state index is 5.57. The second kappa shape index (κ2) is 8.72. The Hall–Kier alpha value is -2.27. The largest absolute Gasteiger partial charge is 0.359 e. The van der Waals surface area contributed by atoms with E-state index in [1.165, 1.54) is 13.2 Å². The fourth-order valence-corrected chi connectivity index (χ4v) is 2.10. The first kappa shape index (κ1) is 19.1. The van der Waals surface area contributed by atoms with Gasteiger partial charge in [-0.05, 0) is 41.9 Å². The molecule has 0 unspecified atom stereocenters. The van der Waals surface area contributed by atoms with Crippen molar-refractivity contribution in [3.05, 3.63) is 28.2 Å². The molecule has 0 aromatic carbocycles. The molecule has 0 saturated carbocycles. The third kappa shape index (κ3) is 4.86. The molecule has 10 nitrogen and oxygen atoms in total. The molecule has 0 aliphatic carbocycles. The highest BCUT2D eigenvalue weighted by atomic mass is 35.5. The minimum Gasteiger partial charge on any atom is -0.359 e. The van der Waals surface area contributed by atoms with Crippen LogP contribution < -0.4 is 11.1 Å². The van der Waals surface area contributed by atoms with Gasteiger partial charge in [0.1, 0.15) is 11.0 Å². The minimum atomic E-state index is 0.167. The SMILES string of the molecule is CN.CNc1nc2nc(Cl)ncc2[nH]1.Clc1ncc2[nH]c(Cl)nc2n1. The molecule has 0 fully saturated rings. The molecule has 0 spiro atoms. The van der Waals surface area contributed by atoms with Crippen LogP contribution in [0.5, 0.6) is 0 Å². The molecule has 4 aromatic rings. The Labute approximate surface area is 156 Å². The second-order valence-corrected chi connectivity index (χ2v) is 5.15. The molecular formula is C12H13Cl3N10. The van der Waals surface area contributed by atoms with Gasteiger partial charge >= 0.3 is 0 Å². The molecule has 0 amide bonds. The first-order valence-corrected chi connectivity index (χ1v) is 7.86. The van der Waals surface area contributed by atoms with E-state index in [9.17, 15) is 0 Å². The van der Waals surface area contributed by atoms with Crippen molar-refractivity contribution in [1.29, 1.82) is 0 Å². The maximum atomic E-state index is 5.57. The van der Waals surface area contributed by atoms with E-state index in [4.69, 9.17) is 34.8 Å². The van der Waals surface area contributed by atoms with Crippen molar-refractivity contribution in [3.63, 3.8) is 0 Å². The Morgan fingerprint density at radius 3 is 1.92 bits per heavy atom. The maximum Gasteiger partial charge on any atom is 0.224 e. The summed E-state index contributed by atoms with van der Waals surface area (Å²) in [4.78, 5) is 29.0. The number of nitrogens with two attached hydrogens (primary N) is 1. The molecule has 5 N–H and O–H groups in total. The molecule has 4 rings (SSSR count). The van der Waals surface area contributed by atoms with Crippen LogP contribution in [0.4, 0.5) is 5.95 Å². The number of aromatic nitrogens is 8. The molecule has 4 heterocycles. The monoisotopic (exact) mass is 402 g/mol. The number of H-pyrrole nitrogens is 2. The van der Waals surface area contributed by atoms with Gasteiger partial charge in [0.05, 0.1) is 12.4 Å². The number of hydrogen-bond acceptors (Lipinski definition) is 8. The topological polar surface area (TPSA) is 147 Å². The number of nitrogens with zero attached hydrogens (tertiary/aromatic N) is 6. The zero-order valence-corrected chi connectivity index (χ0v) is 15.3. The van der Waals surface area contributed by atoms with Gasteiger partial charge in [-0.15, -0.1) is 0 Å². The van der Waals surface area contributed by atoms with E-state index in [1.54, 1.807) is 13.2 Å². The van der Waals surface area contributed by atoms with E-state index in [1.807, 2.05) is 0 Å². The molecular weight excluding hydrogens is 391 g/mol. The molecule has 0 radical (unpaired) electrons. The lowest BCUT2D eigenvalue weighted by molar-refractivity contribution is 1.20. The van der Waals surface area contributed by atoms with Gasteiger partial charge in [0.25, 0.3) is 0 Å². The highest BCUT2D eigenvalue weighted by molar-refractivity contribution is 6.29. The van der Waals surface area contributed by atoms with Crippen molar-refractivity contribution in [1.82, 2.24) is 39.9 Å². The number of imidazole rings is 2. The first-order valence-electron chi connectivity index (χ1n) is 6.72. The van der Waals surface area contributed by atoms with Crippen LogP contribution in [0, 0.1) is 0 Å². The Bertz CT molecular complexity index is 966. The van der Waals surface area contributed by atoms with E-state index in [0.717, 1.165) is 5.52 Å². The Balaban J connectivity index is 0.000000165. The summed E-state index contributed by atoms with van der Waals surface area (Å²) in [6.45, 7) is 0. The van der Waals surface area contributed by atoms with Crippen LogP contribution in [0.25, 0.3) is 22.3 Å². The summed E-state index contributed by atoms with van der Waals surface area (Å²) in [5.41, 5.74) is 7.00. The Morgan fingerprint density at radius 1 is 0.840 bits per heavy atom. The van der Waals surface area contributed by atoms with Crippen molar-refractivity contribution in [2.24, 2.45) is 5.73 Å². The number of rotatable bonds is 1. The van der Waals surface area contributed by atoms with Gasteiger partial charge in [-0.1, -0.05) is 0 Å². The smallest absolute Gasteiger partial charge is 0.224 e. The van der Waals surface area contributed by atoms with Gasteiger partial charge in [0.2, 0.25) is 21.8 Å². The fourth-order valence-electron chi connectivity index (χ4n) is 1.66. The van der Waals surface area contributed by atoms with Crippen LogP contribution in [-0.4, -0.2) is 54.0 Å². The quantitative estimate of drug-likeness (QED) is 0.279. The Morgan fingerprint density at radius 2 is 1.36 bits per heavy atom. The molecule has 0 atom stereocenters. The van der Waals surface area contributed by atoms with Crippen molar-refractivity contribution >= 4 is 63.1 Å². The zero-order chi connectivity index (χ0) is 18.4. The van der Waals surface area contributed by atoms with Crippen LogP contribution in [-0.2, 0) is 0 Å². The van der Waals surface area contributed by atoms with Gasteiger partial charge in [-0.3, -0.25) is 0 Å². The van der Waals surface area contributed by atoms with Crippen molar-refractivity contribution in [3.8, 4) is 0 Å². The normalized spacial score (nSPS) is 10.0. The molecule has 132 valence electrons. The average molecular weight is 404 g/mol. The van der Waals surface area contributed by atoms with Crippen LogP contribution in [0.1, 0.15) is 0 Å². The minimum absolute atomic E-state index is 0.167. The van der Waals surface area contributed by atoms with Gasteiger partial charge in [0.15, 0.2) is 11.3 Å². The molecule has 0 aliphatic rings. The molecule has 0 aliphatic heterocycles. The lowest BCUT2D eigenvalue weighted by atomic mass is 10.6. The van der Waals surface area contributed by atoms with E-state index < -0.39 is 0 Å². The third-order valence-corrected chi connectivity index (χ3v) is 3.17. The van der Waals surface area contributed by atoms with Crippen LogP contribution >= 0.6 is 34.8 Å².